The first-order valence-corrected chi connectivity index (χ1v) is 18.9. The van der Waals surface area contributed by atoms with Gasteiger partial charge in [-0.2, -0.15) is 0 Å². The van der Waals surface area contributed by atoms with Crippen LogP contribution in [0.2, 0.25) is 0 Å². The first kappa shape index (κ1) is 35.7. The molecule has 3 aromatic carbocycles. The summed E-state index contributed by atoms with van der Waals surface area (Å²) in [4.78, 5) is 28.5. The van der Waals surface area contributed by atoms with Crippen molar-refractivity contribution in [1.82, 2.24) is 19.9 Å². The topological polar surface area (TPSA) is 124 Å². The number of piperidine rings is 1. The summed E-state index contributed by atoms with van der Waals surface area (Å²) in [7, 11) is -3.55. The molecule has 2 aromatic heterocycles. The van der Waals surface area contributed by atoms with Gasteiger partial charge >= 0.3 is 6.09 Å². The normalized spacial score (nSPS) is 16.3. The van der Waals surface area contributed by atoms with Gasteiger partial charge in [0.25, 0.3) is 0 Å². The average Bonchev–Trinajstić information content (AvgIpc) is 3.09. The predicted octanol–water partition coefficient (Wildman–Crippen LogP) is 7.96. The molecule has 0 radical (unpaired) electrons. The van der Waals surface area contributed by atoms with Crippen molar-refractivity contribution in [3.63, 3.8) is 0 Å². The highest BCUT2D eigenvalue weighted by Gasteiger charge is 2.29. The summed E-state index contributed by atoms with van der Waals surface area (Å²) in [5.74, 6) is 0.234. The number of aromatic nitrogens is 3. The van der Waals surface area contributed by atoms with Crippen molar-refractivity contribution in [3.8, 4) is 22.9 Å². The quantitative estimate of drug-likeness (QED) is 0.145. The lowest BCUT2D eigenvalue weighted by atomic mass is 9.96. The number of halogens is 1. The molecule has 2 atom stereocenters. The zero-order valence-corrected chi connectivity index (χ0v) is 30.0. The Hall–Kier alpha value is -5.10. The maximum Gasteiger partial charge on any atom is 0.410 e. The van der Waals surface area contributed by atoms with Crippen molar-refractivity contribution in [1.29, 1.82) is 0 Å². The molecule has 1 aliphatic rings. The van der Waals surface area contributed by atoms with E-state index in [9.17, 15) is 13.2 Å². The molecular weight excluding hydrogens is 670 g/mol. The lowest BCUT2D eigenvalue weighted by molar-refractivity contribution is 0.0783. The Morgan fingerprint density at radius 1 is 0.980 bits per heavy atom. The number of ether oxygens (including phenoxy) is 2. The summed E-state index contributed by atoms with van der Waals surface area (Å²) in [6.07, 6.45) is 3.71. The van der Waals surface area contributed by atoms with Crippen molar-refractivity contribution in [2.45, 2.75) is 52.5 Å². The van der Waals surface area contributed by atoms with Crippen LogP contribution in [0.25, 0.3) is 22.0 Å². The number of benzene rings is 3. The molecule has 1 aliphatic heterocycles. The van der Waals surface area contributed by atoms with Gasteiger partial charge in [0.15, 0.2) is 9.84 Å². The van der Waals surface area contributed by atoms with E-state index >= 15 is 4.39 Å². The number of carbonyl (C=O) groups is 1. The maximum atomic E-state index is 15.2. The number of anilines is 1. The molecule has 12 heteroatoms. The molecule has 1 saturated heterocycles. The summed E-state index contributed by atoms with van der Waals surface area (Å²) in [6, 6.07) is 21.3. The second-order valence-electron chi connectivity index (χ2n) is 13.6. The lowest BCUT2D eigenvalue weighted by Gasteiger charge is -2.36. The molecule has 266 valence electrons. The lowest BCUT2D eigenvalue weighted by Crippen LogP contribution is -2.48. The van der Waals surface area contributed by atoms with Crippen LogP contribution in [0.15, 0.2) is 85.2 Å². The Kier molecular flexibility index (Phi) is 10.8. The van der Waals surface area contributed by atoms with Crippen LogP contribution in [0.4, 0.5) is 15.1 Å². The molecule has 0 aliphatic carbocycles. The van der Waals surface area contributed by atoms with E-state index in [1.165, 1.54) is 6.07 Å². The van der Waals surface area contributed by atoms with Crippen LogP contribution < -0.4 is 10.1 Å². The van der Waals surface area contributed by atoms with E-state index in [1.807, 2.05) is 57.2 Å². The number of nitrogens with one attached hydrogen (secondary N) is 1. The molecular formula is C39H42FN5O5S. The monoisotopic (exact) mass is 711 g/mol. The number of sulfone groups is 1. The number of hydrogen-bond donors (Lipinski definition) is 1. The Morgan fingerprint density at radius 3 is 2.55 bits per heavy atom. The van der Waals surface area contributed by atoms with Gasteiger partial charge in [-0.05, 0) is 72.0 Å². The minimum atomic E-state index is -3.55. The van der Waals surface area contributed by atoms with E-state index in [2.05, 4.69) is 22.2 Å². The second kappa shape index (κ2) is 15.4. The van der Waals surface area contributed by atoms with Gasteiger partial charge in [0, 0.05) is 42.5 Å². The van der Waals surface area contributed by atoms with Gasteiger partial charge in [0.1, 0.15) is 18.2 Å². The summed E-state index contributed by atoms with van der Waals surface area (Å²) in [6.45, 7) is 8.86. The fraction of sp³-hybridized carbons (Fsp3) is 0.333. The van der Waals surface area contributed by atoms with E-state index in [0.717, 1.165) is 17.5 Å². The highest BCUT2D eigenvalue weighted by Crippen LogP contribution is 2.38. The van der Waals surface area contributed by atoms with E-state index in [4.69, 9.17) is 14.5 Å². The van der Waals surface area contributed by atoms with Crippen molar-refractivity contribution in [2.24, 2.45) is 11.8 Å². The molecule has 51 heavy (non-hydrogen) atoms. The number of likely N-dealkylation sites (tertiary alicyclic amines) is 1. The van der Waals surface area contributed by atoms with E-state index in [1.54, 1.807) is 47.6 Å². The van der Waals surface area contributed by atoms with Gasteiger partial charge in [0.05, 0.1) is 22.8 Å². The number of carbonyl (C=O) groups excluding carboxylic acids is 1. The summed E-state index contributed by atoms with van der Waals surface area (Å²) < 4.78 is 53.0. The minimum absolute atomic E-state index is 0.0373. The van der Waals surface area contributed by atoms with Gasteiger partial charge in [0.2, 0.25) is 11.8 Å². The smallest absolute Gasteiger partial charge is 0.410 e. The highest BCUT2D eigenvalue weighted by atomic mass is 32.2. The molecule has 3 heterocycles. The van der Waals surface area contributed by atoms with Gasteiger partial charge < -0.3 is 19.7 Å². The highest BCUT2D eigenvalue weighted by molar-refractivity contribution is 7.90. The van der Waals surface area contributed by atoms with E-state index in [-0.39, 0.29) is 47.8 Å². The number of rotatable bonds is 11. The molecule has 1 N–H and O–H groups in total. The van der Waals surface area contributed by atoms with E-state index in [0.29, 0.717) is 46.8 Å². The van der Waals surface area contributed by atoms with Gasteiger partial charge in [-0.1, -0.05) is 63.2 Å². The third kappa shape index (κ3) is 8.80. The largest absolute Gasteiger partial charge is 0.445 e. The van der Waals surface area contributed by atoms with Crippen LogP contribution in [0, 0.1) is 24.6 Å². The van der Waals surface area contributed by atoms with Gasteiger partial charge in [-0.15, -0.1) is 0 Å². The molecule has 10 nitrogen and oxygen atoms in total. The Labute approximate surface area is 298 Å². The van der Waals surface area contributed by atoms with E-state index < -0.39 is 21.4 Å². The van der Waals surface area contributed by atoms with Crippen LogP contribution in [-0.4, -0.2) is 59.2 Å². The Bertz CT molecular complexity index is 2130. The van der Waals surface area contributed by atoms with Crippen molar-refractivity contribution in [3.05, 3.63) is 108 Å². The molecule has 0 unspecified atom stereocenters. The van der Waals surface area contributed by atoms with Crippen LogP contribution in [0.1, 0.15) is 43.9 Å². The number of pyridine rings is 1. The minimum Gasteiger partial charge on any atom is -0.445 e. The maximum absolute atomic E-state index is 15.2. The van der Waals surface area contributed by atoms with Crippen molar-refractivity contribution in [2.75, 3.05) is 24.2 Å². The zero-order chi connectivity index (χ0) is 36.1. The number of hydrogen-bond acceptors (Lipinski definition) is 9. The zero-order valence-electron chi connectivity index (χ0n) is 29.2. The second-order valence-corrected chi connectivity index (χ2v) is 15.7. The molecule has 1 amide bonds. The van der Waals surface area contributed by atoms with Crippen LogP contribution in [-0.2, 0) is 26.9 Å². The first-order valence-electron chi connectivity index (χ1n) is 17.1. The van der Waals surface area contributed by atoms with Gasteiger partial charge in [-0.3, -0.25) is 0 Å². The molecule has 6 rings (SSSR count). The fourth-order valence-corrected chi connectivity index (χ4v) is 8.40. The molecule has 0 spiro atoms. The third-order valence-corrected chi connectivity index (χ3v) is 10.6. The van der Waals surface area contributed by atoms with Crippen LogP contribution >= 0.6 is 0 Å². The van der Waals surface area contributed by atoms with Crippen LogP contribution in [0.3, 0.4) is 0 Å². The Balaban J connectivity index is 1.22. The van der Waals surface area contributed by atoms with Gasteiger partial charge in [-0.25, -0.2) is 32.6 Å². The van der Waals surface area contributed by atoms with Crippen molar-refractivity contribution >= 4 is 32.7 Å². The summed E-state index contributed by atoms with van der Waals surface area (Å²) >= 11 is 0. The summed E-state index contributed by atoms with van der Waals surface area (Å²) in [5.41, 5.74) is 2.97. The van der Waals surface area contributed by atoms with Crippen LogP contribution in [0.5, 0.6) is 11.6 Å². The third-order valence-electron chi connectivity index (χ3n) is 8.71. The first-order chi connectivity index (χ1) is 24.5. The number of amides is 1. The predicted molar refractivity (Wildman–Crippen MR) is 196 cm³/mol. The fourth-order valence-electron chi connectivity index (χ4n) is 6.53. The SMILES string of the molecule is Cc1ccc2c(CS(=O)(=O)CC(C)C)c(F)ccc2c1Oc1ncccc1-c1ccnc(N[C@H]2C[C@H](C)CN(C(=O)OCc3ccccc3)C2)n1. The summed E-state index contributed by atoms with van der Waals surface area (Å²) in [5, 5.41) is 4.45. The standard InChI is InChI=1S/C39H42FN5O5S/c1-25(2)23-51(47,48)24-33-30-13-12-27(4)36(31(30)14-15-34(33)40)50-37-32(11-8-17-41-37)35-16-18-42-38(44-35)43-29-19-26(3)20-45(21-29)39(46)49-22-28-9-6-5-7-10-28/h5-18,25-26,29H,19-24H2,1-4H3,(H,42,43,44)/t26-,29-/m0/s1. The number of fused-ring (bicyclic) bond motifs is 1. The number of nitrogens with zero attached hydrogens (tertiary/aromatic N) is 4. The molecule has 0 bridgehead atoms. The number of aryl methyl sites for hydroxylation is 1. The molecule has 5 aromatic rings. The average molecular weight is 712 g/mol. The Morgan fingerprint density at radius 2 is 1.76 bits per heavy atom. The molecule has 0 saturated carbocycles. The molecule has 1 fully saturated rings. The van der Waals surface area contributed by atoms with Crippen molar-refractivity contribution < 1.29 is 27.1 Å².